The van der Waals surface area contributed by atoms with Gasteiger partial charge in [0.05, 0.1) is 25.5 Å². The summed E-state index contributed by atoms with van der Waals surface area (Å²) in [7, 11) is 1.78. The fourth-order valence-corrected chi connectivity index (χ4v) is 2.83. The molecule has 144 valence electrons. The molecule has 0 amide bonds. The molecule has 8 heteroatoms. The van der Waals surface area contributed by atoms with E-state index in [2.05, 4.69) is 53.4 Å². The molecule has 0 aliphatic carbocycles. The normalized spacial score (nSPS) is 20.2. The minimum Gasteiger partial charge on any atom is -0.379 e. The van der Waals surface area contributed by atoms with E-state index in [1.807, 2.05) is 6.07 Å². The van der Waals surface area contributed by atoms with E-state index < -0.39 is 0 Å². The highest BCUT2D eigenvalue weighted by Gasteiger charge is 2.23. The second kappa shape index (κ2) is 11.0. The second-order valence-electron chi connectivity index (χ2n) is 6.69. The maximum Gasteiger partial charge on any atom is 0.191 e. The monoisotopic (exact) mass is 465 g/mol. The maximum absolute atomic E-state index is 5.50. The molecule has 0 saturated carbocycles. The van der Waals surface area contributed by atoms with Gasteiger partial charge >= 0.3 is 0 Å². The first-order valence-electron chi connectivity index (χ1n) is 8.74. The van der Waals surface area contributed by atoms with Crippen LogP contribution in [0, 0.1) is 0 Å². The predicted octanol–water partition coefficient (Wildman–Crippen LogP) is 2.19. The van der Waals surface area contributed by atoms with Crippen LogP contribution in [0.5, 0.6) is 0 Å². The summed E-state index contributed by atoms with van der Waals surface area (Å²) in [6, 6.07) is 2.86. The quantitative estimate of drug-likeness (QED) is 0.381. The van der Waals surface area contributed by atoms with Crippen molar-refractivity contribution in [2.75, 3.05) is 33.4 Å². The summed E-state index contributed by atoms with van der Waals surface area (Å²) in [4.78, 5) is 6.74. The van der Waals surface area contributed by atoms with Crippen molar-refractivity contribution in [3.05, 3.63) is 17.5 Å². The van der Waals surface area contributed by atoms with Crippen LogP contribution < -0.4 is 10.6 Å². The maximum atomic E-state index is 5.50. The van der Waals surface area contributed by atoms with Crippen LogP contribution in [0.1, 0.15) is 45.1 Å². The molecule has 1 fully saturated rings. The molecule has 1 aromatic heterocycles. The van der Waals surface area contributed by atoms with Gasteiger partial charge in [-0.3, -0.25) is 9.89 Å². The third kappa shape index (κ3) is 6.74. The fourth-order valence-electron chi connectivity index (χ4n) is 2.83. The molecule has 2 N–H and O–H groups in total. The van der Waals surface area contributed by atoms with Gasteiger partial charge in [-0.1, -0.05) is 19.0 Å². The van der Waals surface area contributed by atoms with Crippen molar-refractivity contribution >= 4 is 29.9 Å². The number of nitrogens with one attached hydrogen (secondary N) is 2. The number of halogens is 1. The van der Waals surface area contributed by atoms with Crippen LogP contribution >= 0.6 is 24.0 Å². The van der Waals surface area contributed by atoms with E-state index in [4.69, 9.17) is 9.26 Å². The Morgan fingerprint density at radius 1 is 1.40 bits per heavy atom. The van der Waals surface area contributed by atoms with Crippen LogP contribution in [0.3, 0.4) is 0 Å². The van der Waals surface area contributed by atoms with Gasteiger partial charge in [0, 0.05) is 38.3 Å². The average Bonchev–Trinajstić information content (AvgIpc) is 3.04. The lowest BCUT2D eigenvalue weighted by Crippen LogP contribution is -2.52. The molecule has 25 heavy (non-hydrogen) atoms. The van der Waals surface area contributed by atoms with E-state index in [1.165, 1.54) is 0 Å². The molecule has 2 rings (SSSR count). The molecule has 1 aliphatic rings. The minimum atomic E-state index is 0. The Morgan fingerprint density at radius 2 is 2.16 bits per heavy atom. The molecule has 1 saturated heterocycles. The van der Waals surface area contributed by atoms with Gasteiger partial charge in [-0.15, -0.1) is 24.0 Å². The van der Waals surface area contributed by atoms with Crippen LogP contribution in [0.25, 0.3) is 0 Å². The Labute approximate surface area is 168 Å². The molecule has 2 atom stereocenters. The highest BCUT2D eigenvalue weighted by atomic mass is 127. The van der Waals surface area contributed by atoms with E-state index in [0.29, 0.717) is 24.5 Å². The number of aliphatic imine (C=N–C) groups is 1. The van der Waals surface area contributed by atoms with E-state index in [0.717, 1.165) is 43.7 Å². The van der Waals surface area contributed by atoms with Crippen molar-refractivity contribution < 1.29 is 9.26 Å². The summed E-state index contributed by atoms with van der Waals surface area (Å²) >= 11 is 0. The molecule has 2 unspecified atom stereocenters. The van der Waals surface area contributed by atoms with Gasteiger partial charge < -0.3 is 19.9 Å². The topological polar surface area (TPSA) is 74.9 Å². The highest BCUT2D eigenvalue weighted by Crippen LogP contribution is 2.13. The van der Waals surface area contributed by atoms with Crippen LogP contribution in [-0.2, 0) is 11.3 Å². The van der Waals surface area contributed by atoms with Gasteiger partial charge in [0.15, 0.2) is 11.7 Å². The zero-order valence-corrected chi connectivity index (χ0v) is 18.2. The number of guanidine groups is 1. The first-order chi connectivity index (χ1) is 11.5. The summed E-state index contributed by atoms with van der Waals surface area (Å²) < 4.78 is 10.8. The average molecular weight is 465 g/mol. The lowest BCUT2D eigenvalue weighted by Gasteiger charge is -2.38. The zero-order chi connectivity index (χ0) is 17.5. The second-order valence-corrected chi connectivity index (χ2v) is 6.69. The molecule has 0 bridgehead atoms. The number of aromatic nitrogens is 1. The van der Waals surface area contributed by atoms with Gasteiger partial charge in [0.25, 0.3) is 0 Å². The molecule has 0 radical (unpaired) electrons. The largest absolute Gasteiger partial charge is 0.379 e. The van der Waals surface area contributed by atoms with Crippen molar-refractivity contribution in [3.8, 4) is 0 Å². The summed E-state index contributed by atoms with van der Waals surface area (Å²) in [5.41, 5.74) is 0.977. The molecule has 1 aromatic rings. The van der Waals surface area contributed by atoms with Gasteiger partial charge in [0.2, 0.25) is 0 Å². The molecular weight excluding hydrogens is 433 g/mol. The first-order valence-corrected chi connectivity index (χ1v) is 8.74. The van der Waals surface area contributed by atoms with E-state index >= 15 is 0 Å². The number of ether oxygens (including phenoxy) is 1. The number of hydrogen-bond acceptors (Lipinski definition) is 5. The van der Waals surface area contributed by atoms with Gasteiger partial charge in [-0.25, -0.2) is 0 Å². The zero-order valence-electron chi connectivity index (χ0n) is 15.9. The number of nitrogens with zero attached hydrogens (tertiary/aromatic N) is 3. The SMILES string of the molecule is CN=C(NCc1cc(C(C)C)no1)NCC(C)N1CCOCC1C.I. The van der Waals surface area contributed by atoms with Gasteiger partial charge in [0.1, 0.15) is 0 Å². The first kappa shape index (κ1) is 22.2. The van der Waals surface area contributed by atoms with Crippen molar-refractivity contribution in [1.82, 2.24) is 20.7 Å². The van der Waals surface area contributed by atoms with Crippen LogP contribution in [0.2, 0.25) is 0 Å². The smallest absolute Gasteiger partial charge is 0.191 e. The molecule has 0 spiro atoms. The molecule has 1 aliphatic heterocycles. The Hall–Kier alpha value is -0.870. The van der Waals surface area contributed by atoms with Crippen molar-refractivity contribution in [1.29, 1.82) is 0 Å². The summed E-state index contributed by atoms with van der Waals surface area (Å²) in [5, 5.41) is 10.7. The molecule has 0 aromatic carbocycles. The molecule has 7 nitrogen and oxygen atoms in total. The minimum absolute atomic E-state index is 0. The van der Waals surface area contributed by atoms with E-state index in [-0.39, 0.29) is 24.0 Å². The van der Waals surface area contributed by atoms with Crippen LogP contribution in [0.15, 0.2) is 15.6 Å². The Balaban J connectivity index is 0.00000312. The lowest BCUT2D eigenvalue weighted by molar-refractivity contribution is -0.0174. The van der Waals surface area contributed by atoms with Gasteiger partial charge in [-0.2, -0.15) is 0 Å². The Kier molecular flexibility index (Phi) is 9.73. The van der Waals surface area contributed by atoms with Crippen molar-refractivity contribution in [2.24, 2.45) is 4.99 Å². The van der Waals surface area contributed by atoms with Crippen molar-refractivity contribution in [3.63, 3.8) is 0 Å². The Bertz CT molecular complexity index is 535. The fraction of sp³-hybridized carbons (Fsp3) is 0.765. The predicted molar refractivity (Wildman–Crippen MR) is 111 cm³/mol. The van der Waals surface area contributed by atoms with Gasteiger partial charge in [-0.05, 0) is 19.8 Å². The molecular formula is C17H32IN5O2. The third-order valence-electron chi connectivity index (χ3n) is 4.37. The molecule has 2 heterocycles. The lowest BCUT2D eigenvalue weighted by atomic mass is 10.1. The van der Waals surface area contributed by atoms with E-state index in [1.54, 1.807) is 7.05 Å². The number of hydrogen-bond donors (Lipinski definition) is 2. The number of morpholine rings is 1. The summed E-state index contributed by atoms with van der Waals surface area (Å²) in [6.45, 7) is 12.6. The standard InChI is InChI=1S/C17H31N5O2.HI/c1-12(2)16-8-15(24-21-16)10-20-17(18-5)19-9-13(3)22-6-7-23-11-14(22)4;/h8,12-14H,6-7,9-11H2,1-5H3,(H2,18,19,20);1H. The summed E-state index contributed by atoms with van der Waals surface area (Å²) in [5.74, 6) is 1.96. The van der Waals surface area contributed by atoms with E-state index in [9.17, 15) is 0 Å². The Morgan fingerprint density at radius 3 is 2.76 bits per heavy atom. The number of rotatable bonds is 6. The third-order valence-corrected chi connectivity index (χ3v) is 4.37. The highest BCUT2D eigenvalue weighted by molar-refractivity contribution is 14.0. The van der Waals surface area contributed by atoms with Crippen molar-refractivity contribution in [2.45, 2.75) is 52.2 Å². The van der Waals surface area contributed by atoms with Crippen LogP contribution in [-0.4, -0.2) is 61.5 Å². The van der Waals surface area contributed by atoms with Crippen LogP contribution in [0.4, 0.5) is 0 Å². The summed E-state index contributed by atoms with van der Waals surface area (Å²) in [6.07, 6.45) is 0.